The van der Waals surface area contributed by atoms with Gasteiger partial charge in [0.2, 0.25) is 0 Å². The first-order chi connectivity index (χ1) is 8.49. The lowest BCUT2D eigenvalue weighted by Gasteiger charge is -1.93. The van der Waals surface area contributed by atoms with Gasteiger partial charge in [0.25, 0.3) is 0 Å². The summed E-state index contributed by atoms with van der Waals surface area (Å²) in [7, 11) is -3.18. The molecule has 0 bridgehead atoms. The van der Waals surface area contributed by atoms with E-state index in [0.717, 1.165) is 30.0 Å². The monoisotopic (exact) mass is 304 g/mol. The van der Waals surface area contributed by atoms with Crippen molar-refractivity contribution in [1.82, 2.24) is 19.2 Å². The van der Waals surface area contributed by atoms with Crippen LogP contribution in [0.5, 0.6) is 0 Å². The molecule has 0 fully saturated rings. The molecule has 0 N–H and O–H groups in total. The minimum atomic E-state index is -3.18. The molecule has 0 unspecified atom stereocenters. The average molecular weight is 304 g/mol. The van der Waals surface area contributed by atoms with Crippen LogP contribution < -0.4 is 0 Å². The summed E-state index contributed by atoms with van der Waals surface area (Å²) in [5, 5.41) is 4.25. The van der Waals surface area contributed by atoms with Crippen molar-refractivity contribution >= 4 is 33.1 Å². The normalized spacial score (nSPS) is 11.9. The zero-order chi connectivity index (χ0) is 13.2. The Kier molecular flexibility index (Phi) is 4.03. The number of rotatable bonds is 5. The van der Waals surface area contributed by atoms with Gasteiger partial charge in [-0.3, -0.25) is 0 Å². The number of sulfone groups is 1. The molecule has 2 rings (SSSR count). The summed E-state index contributed by atoms with van der Waals surface area (Å²) >= 11 is 2.39. The van der Waals surface area contributed by atoms with E-state index in [1.165, 1.54) is 24.4 Å². The van der Waals surface area contributed by atoms with Gasteiger partial charge >= 0.3 is 0 Å². The van der Waals surface area contributed by atoms with Crippen molar-refractivity contribution in [2.24, 2.45) is 0 Å². The van der Waals surface area contributed by atoms with Gasteiger partial charge in [-0.15, -0.1) is 5.10 Å². The lowest BCUT2D eigenvalue weighted by molar-refractivity contribution is 0.603. The van der Waals surface area contributed by atoms with E-state index in [4.69, 9.17) is 0 Å². The summed E-state index contributed by atoms with van der Waals surface area (Å²) < 4.78 is 25.1. The number of hydrogen-bond donors (Lipinski definition) is 0. The number of thiazole rings is 1. The number of aromatic nitrogens is 4. The van der Waals surface area contributed by atoms with Crippen molar-refractivity contribution in [3.05, 3.63) is 18.3 Å². The molecule has 6 nitrogen and oxygen atoms in total. The summed E-state index contributed by atoms with van der Waals surface area (Å²) in [5.74, 6) is 0.782. The summed E-state index contributed by atoms with van der Waals surface area (Å²) in [6.45, 7) is 2.06. The van der Waals surface area contributed by atoms with E-state index in [9.17, 15) is 8.42 Å². The standard InChI is InChI=1S/C9H12N4O2S3/c1-3-4-7-11-6-13(12-7)17-9-10-5-8(16-9)18(2,14)15/h5-6H,3-4H2,1-2H3. The third kappa shape index (κ3) is 3.30. The Morgan fingerprint density at radius 2 is 2.22 bits per heavy atom. The summed E-state index contributed by atoms with van der Waals surface area (Å²) in [6, 6.07) is 0. The van der Waals surface area contributed by atoms with E-state index in [-0.39, 0.29) is 4.21 Å². The van der Waals surface area contributed by atoms with E-state index >= 15 is 0 Å². The minimum absolute atomic E-state index is 0.263. The third-order valence-corrected chi connectivity index (χ3v) is 5.67. The SMILES string of the molecule is CCCc1ncn(Sc2ncc(S(C)(=O)=O)s2)n1. The Morgan fingerprint density at radius 1 is 1.44 bits per heavy atom. The molecule has 0 saturated heterocycles. The van der Waals surface area contributed by atoms with Crippen LogP contribution in [0.15, 0.2) is 21.1 Å². The van der Waals surface area contributed by atoms with Gasteiger partial charge < -0.3 is 0 Å². The zero-order valence-corrected chi connectivity index (χ0v) is 12.3. The predicted octanol–water partition coefficient (Wildman–Crippen LogP) is 1.65. The van der Waals surface area contributed by atoms with Gasteiger partial charge in [-0.1, -0.05) is 18.3 Å². The molecular weight excluding hydrogens is 292 g/mol. The molecule has 2 aromatic rings. The highest BCUT2D eigenvalue weighted by atomic mass is 32.2. The van der Waals surface area contributed by atoms with Crippen molar-refractivity contribution in [2.75, 3.05) is 6.26 Å². The van der Waals surface area contributed by atoms with Gasteiger partial charge in [0.1, 0.15) is 10.5 Å². The smallest absolute Gasteiger partial charge is 0.186 e. The molecule has 0 aliphatic carbocycles. The Morgan fingerprint density at radius 3 is 2.83 bits per heavy atom. The number of nitrogens with zero attached hydrogens (tertiary/aromatic N) is 4. The largest absolute Gasteiger partial charge is 0.235 e. The predicted molar refractivity (Wildman–Crippen MR) is 70.5 cm³/mol. The van der Waals surface area contributed by atoms with Gasteiger partial charge in [0.05, 0.1) is 6.20 Å². The van der Waals surface area contributed by atoms with E-state index in [2.05, 4.69) is 22.0 Å². The maximum atomic E-state index is 11.3. The van der Waals surface area contributed by atoms with E-state index in [0.29, 0.717) is 4.34 Å². The quantitative estimate of drug-likeness (QED) is 0.836. The molecule has 0 aromatic carbocycles. The first-order valence-electron chi connectivity index (χ1n) is 5.24. The van der Waals surface area contributed by atoms with E-state index in [1.807, 2.05) is 0 Å². The minimum Gasteiger partial charge on any atom is -0.235 e. The second-order valence-electron chi connectivity index (χ2n) is 3.62. The molecule has 18 heavy (non-hydrogen) atoms. The molecule has 0 aliphatic rings. The van der Waals surface area contributed by atoms with Crippen LogP contribution in [0.2, 0.25) is 0 Å². The van der Waals surface area contributed by atoms with Crippen molar-refractivity contribution < 1.29 is 8.42 Å². The topological polar surface area (TPSA) is 77.7 Å². The fourth-order valence-corrected chi connectivity index (χ4v) is 3.97. The van der Waals surface area contributed by atoms with Gasteiger partial charge in [-0.25, -0.2) is 18.4 Å². The molecule has 2 heterocycles. The summed E-state index contributed by atoms with van der Waals surface area (Å²) in [5.41, 5.74) is 0. The number of aryl methyl sites for hydroxylation is 1. The van der Waals surface area contributed by atoms with Gasteiger partial charge in [0.15, 0.2) is 20.0 Å². The van der Waals surface area contributed by atoms with Crippen molar-refractivity contribution in [1.29, 1.82) is 0 Å². The molecule has 2 aromatic heterocycles. The first-order valence-corrected chi connectivity index (χ1v) is 8.72. The van der Waals surface area contributed by atoms with E-state index in [1.54, 1.807) is 10.4 Å². The van der Waals surface area contributed by atoms with Crippen LogP contribution in [0.25, 0.3) is 0 Å². The molecule has 0 radical (unpaired) electrons. The van der Waals surface area contributed by atoms with Crippen LogP contribution in [-0.2, 0) is 16.3 Å². The van der Waals surface area contributed by atoms with Crippen LogP contribution in [0.4, 0.5) is 0 Å². The van der Waals surface area contributed by atoms with Gasteiger partial charge in [-0.2, -0.15) is 4.09 Å². The second kappa shape index (κ2) is 5.37. The van der Waals surface area contributed by atoms with Crippen LogP contribution in [-0.4, -0.2) is 33.8 Å². The lowest BCUT2D eigenvalue weighted by atomic mass is 10.3. The Labute approximate surface area is 114 Å². The third-order valence-electron chi connectivity index (χ3n) is 1.99. The maximum absolute atomic E-state index is 11.3. The highest BCUT2D eigenvalue weighted by Gasteiger charge is 2.13. The summed E-state index contributed by atoms with van der Waals surface area (Å²) in [4.78, 5) is 8.19. The first kappa shape index (κ1) is 13.5. The molecule has 0 amide bonds. The molecular formula is C9H12N4O2S3. The highest BCUT2D eigenvalue weighted by Crippen LogP contribution is 2.27. The lowest BCUT2D eigenvalue weighted by Crippen LogP contribution is -1.92. The fourth-order valence-electron chi connectivity index (χ4n) is 1.20. The molecule has 0 aliphatic heterocycles. The zero-order valence-electron chi connectivity index (χ0n) is 9.90. The summed E-state index contributed by atoms with van der Waals surface area (Å²) in [6.07, 6.45) is 5.97. The molecule has 0 saturated carbocycles. The average Bonchev–Trinajstić information content (AvgIpc) is 2.88. The van der Waals surface area contributed by atoms with Crippen LogP contribution >= 0.6 is 23.3 Å². The molecule has 0 spiro atoms. The fraction of sp³-hybridized carbons (Fsp3) is 0.444. The molecule has 98 valence electrons. The number of hydrogen-bond acceptors (Lipinski definition) is 7. The Hall–Kier alpha value is -0.930. The van der Waals surface area contributed by atoms with Gasteiger partial charge in [-0.05, 0) is 6.42 Å². The van der Waals surface area contributed by atoms with Crippen LogP contribution in [0.1, 0.15) is 19.2 Å². The molecule has 9 heteroatoms. The Balaban J connectivity index is 2.11. The highest BCUT2D eigenvalue weighted by molar-refractivity contribution is 8.00. The van der Waals surface area contributed by atoms with Crippen LogP contribution in [0.3, 0.4) is 0 Å². The second-order valence-corrected chi connectivity index (χ2v) is 8.10. The van der Waals surface area contributed by atoms with Crippen molar-refractivity contribution in [3.8, 4) is 0 Å². The van der Waals surface area contributed by atoms with E-state index < -0.39 is 9.84 Å². The van der Waals surface area contributed by atoms with Crippen LogP contribution in [0, 0.1) is 0 Å². The maximum Gasteiger partial charge on any atom is 0.186 e. The van der Waals surface area contributed by atoms with Crippen molar-refractivity contribution in [3.63, 3.8) is 0 Å². The molecule has 0 atom stereocenters. The van der Waals surface area contributed by atoms with Gasteiger partial charge in [0, 0.05) is 24.6 Å². The van der Waals surface area contributed by atoms with Crippen molar-refractivity contribution in [2.45, 2.75) is 28.3 Å². The Bertz CT molecular complexity index is 632.